The first-order valence-electron chi connectivity index (χ1n) is 8.80. The van der Waals surface area contributed by atoms with Crippen LogP contribution < -0.4 is 16.3 Å². The van der Waals surface area contributed by atoms with Crippen LogP contribution in [0.2, 0.25) is 0 Å². The number of carbonyl (C=O) groups is 2. The average Bonchev–Trinajstić information content (AvgIpc) is 2.89. The molecule has 1 aliphatic rings. The van der Waals surface area contributed by atoms with Crippen LogP contribution in [0.15, 0.2) is 35.1 Å². The Morgan fingerprint density at radius 2 is 2.08 bits per heavy atom. The van der Waals surface area contributed by atoms with Crippen molar-refractivity contribution in [2.24, 2.45) is 0 Å². The zero-order valence-corrected chi connectivity index (χ0v) is 14.8. The minimum atomic E-state index is -0.534. The SMILES string of the molecule is Cc1nn(CC(=O)N[C@@H]2CCCNC2=O)c(=O)n1CCc1ccccc1. The van der Waals surface area contributed by atoms with Crippen molar-refractivity contribution in [3.8, 4) is 0 Å². The van der Waals surface area contributed by atoms with Gasteiger partial charge in [-0.2, -0.15) is 5.10 Å². The van der Waals surface area contributed by atoms with Crippen LogP contribution in [-0.2, 0) is 29.1 Å². The van der Waals surface area contributed by atoms with Crippen LogP contribution >= 0.6 is 0 Å². The van der Waals surface area contributed by atoms with Gasteiger partial charge in [-0.25, -0.2) is 9.48 Å². The molecular formula is C18H23N5O3. The van der Waals surface area contributed by atoms with Gasteiger partial charge in [-0.05, 0) is 31.7 Å². The Bertz CT molecular complexity index is 840. The summed E-state index contributed by atoms with van der Waals surface area (Å²) in [5, 5.41) is 9.57. The van der Waals surface area contributed by atoms with Gasteiger partial charge in [-0.15, -0.1) is 0 Å². The summed E-state index contributed by atoms with van der Waals surface area (Å²) >= 11 is 0. The molecule has 0 radical (unpaired) electrons. The van der Waals surface area contributed by atoms with E-state index in [9.17, 15) is 14.4 Å². The number of benzene rings is 1. The fraction of sp³-hybridized carbons (Fsp3) is 0.444. The molecule has 0 saturated carbocycles. The normalized spacial score (nSPS) is 17.0. The lowest BCUT2D eigenvalue weighted by molar-refractivity contribution is -0.130. The molecule has 0 spiro atoms. The molecular weight excluding hydrogens is 334 g/mol. The molecule has 2 heterocycles. The molecule has 138 valence electrons. The quantitative estimate of drug-likeness (QED) is 0.760. The number of piperidine rings is 1. The van der Waals surface area contributed by atoms with Gasteiger partial charge in [-0.1, -0.05) is 30.3 Å². The molecule has 0 aliphatic carbocycles. The van der Waals surface area contributed by atoms with Crippen molar-refractivity contribution in [3.05, 3.63) is 52.2 Å². The van der Waals surface area contributed by atoms with Crippen molar-refractivity contribution in [2.75, 3.05) is 6.54 Å². The molecule has 1 aromatic heterocycles. The van der Waals surface area contributed by atoms with Crippen molar-refractivity contribution in [3.63, 3.8) is 0 Å². The van der Waals surface area contributed by atoms with Crippen molar-refractivity contribution >= 4 is 11.8 Å². The molecule has 2 aromatic rings. The first-order chi connectivity index (χ1) is 12.5. The number of amides is 2. The first-order valence-corrected chi connectivity index (χ1v) is 8.80. The third kappa shape index (κ3) is 4.19. The maximum atomic E-state index is 12.5. The molecule has 8 nitrogen and oxygen atoms in total. The summed E-state index contributed by atoms with van der Waals surface area (Å²) in [5.74, 6) is -0.00230. The molecule has 1 aliphatic heterocycles. The fourth-order valence-corrected chi connectivity index (χ4v) is 3.08. The second-order valence-corrected chi connectivity index (χ2v) is 6.43. The van der Waals surface area contributed by atoms with E-state index in [1.165, 1.54) is 0 Å². The molecule has 1 aromatic carbocycles. The van der Waals surface area contributed by atoms with Crippen LogP contribution in [0, 0.1) is 6.92 Å². The second kappa shape index (κ2) is 7.99. The van der Waals surface area contributed by atoms with Gasteiger partial charge in [0.2, 0.25) is 11.8 Å². The number of hydrogen-bond donors (Lipinski definition) is 2. The minimum absolute atomic E-state index is 0.179. The highest BCUT2D eigenvalue weighted by Crippen LogP contribution is 2.04. The van der Waals surface area contributed by atoms with E-state index in [4.69, 9.17) is 0 Å². The Morgan fingerprint density at radius 1 is 1.31 bits per heavy atom. The second-order valence-electron chi connectivity index (χ2n) is 6.43. The van der Waals surface area contributed by atoms with Crippen LogP contribution in [-0.4, -0.2) is 38.7 Å². The maximum absolute atomic E-state index is 12.5. The lowest BCUT2D eigenvalue weighted by atomic mass is 10.1. The summed E-state index contributed by atoms with van der Waals surface area (Å²) in [6.07, 6.45) is 2.14. The van der Waals surface area contributed by atoms with E-state index in [1.54, 1.807) is 11.5 Å². The fourth-order valence-electron chi connectivity index (χ4n) is 3.08. The number of nitrogens with one attached hydrogen (secondary N) is 2. The van der Waals surface area contributed by atoms with Gasteiger partial charge in [0.15, 0.2) is 0 Å². The summed E-state index contributed by atoms with van der Waals surface area (Å²) in [5.41, 5.74) is 0.814. The van der Waals surface area contributed by atoms with Gasteiger partial charge in [0.05, 0.1) is 0 Å². The molecule has 1 saturated heterocycles. The lowest BCUT2D eigenvalue weighted by Crippen LogP contribution is -2.51. The number of carbonyl (C=O) groups excluding carboxylic acids is 2. The largest absolute Gasteiger partial charge is 0.354 e. The standard InChI is InChI=1S/C18H23N5O3/c1-13-21-23(12-16(24)20-15-8-5-10-19-17(15)25)18(26)22(13)11-9-14-6-3-2-4-7-14/h2-4,6-7,15H,5,8-12H2,1H3,(H,19,25)(H,20,24)/t15-/m1/s1. The smallest absolute Gasteiger partial charge is 0.346 e. The number of aromatic nitrogens is 3. The van der Waals surface area contributed by atoms with E-state index >= 15 is 0 Å². The molecule has 1 fully saturated rings. The Kier molecular flexibility index (Phi) is 5.50. The van der Waals surface area contributed by atoms with E-state index in [-0.39, 0.29) is 24.0 Å². The molecule has 0 unspecified atom stereocenters. The topological polar surface area (TPSA) is 98.0 Å². The van der Waals surface area contributed by atoms with Crippen LogP contribution in [0.3, 0.4) is 0 Å². The van der Waals surface area contributed by atoms with E-state index < -0.39 is 6.04 Å². The Hall–Kier alpha value is -2.90. The zero-order chi connectivity index (χ0) is 18.5. The summed E-state index contributed by atoms with van der Waals surface area (Å²) < 4.78 is 2.71. The van der Waals surface area contributed by atoms with E-state index in [0.717, 1.165) is 16.7 Å². The predicted octanol–water partition coefficient (Wildman–Crippen LogP) is -0.00928. The van der Waals surface area contributed by atoms with Gasteiger partial charge >= 0.3 is 5.69 Å². The Morgan fingerprint density at radius 3 is 2.81 bits per heavy atom. The van der Waals surface area contributed by atoms with Crippen LogP contribution in [0.1, 0.15) is 24.2 Å². The van der Waals surface area contributed by atoms with Crippen LogP contribution in [0.5, 0.6) is 0 Å². The molecule has 8 heteroatoms. The number of rotatable bonds is 6. The van der Waals surface area contributed by atoms with Crippen LogP contribution in [0.4, 0.5) is 0 Å². The van der Waals surface area contributed by atoms with Gasteiger partial charge in [0.25, 0.3) is 0 Å². The average molecular weight is 357 g/mol. The van der Waals surface area contributed by atoms with Crippen molar-refractivity contribution < 1.29 is 9.59 Å². The third-order valence-electron chi connectivity index (χ3n) is 4.49. The maximum Gasteiger partial charge on any atom is 0.346 e. The van der Waals surface area contributed by atoms with Crippen molar-refractivity contribution in [1.82, 2.24) is 25.0 Å². The van der Waals surface area contributed by atoms with Gasteiger partial charge in [0.1, 0.15) is 18.4 Å². The highest BCUT2D eigenvalue weighted by molar-refractivity contribution is 5.87. The highest BCUT2D eigenvalue weighted by Gasteiger charge is 2.24. The Labute approximate surface area is 151 Å². The monoisotopic (exact) mass is 357 g/mol. The summed E-state index contributed by atoms with van der Waals surface area (Å²) in [6, 6.07) is 9.35. The highest BCUT2D eigenvalue weighted by atomic mass is 16.2. The van der Waals surface area contributed by atoms with E-state index in [1.807, 2.05) is 30.3 Å². The van der Waals surface area contributed by atoms with Gasteiger partial charge in [0, 0.05) is 13.1 Å². The summed E-state index contributed by atoms with van der Waals surface area (Å²) in [6.45, 7) is 2.69. The van der Waals surface area contributed by atoms with Gasteiger partial charge in [-0.3, -0.25) is 14.2 Å². The molecule has 0 bridgehead atoms. The summed E-state index contributed by atoms with van der Waals surface area (Å²) in [4.78, 5) is 36.4. The molecule has 1 atom stereocenters. The molecule has 3 rings (SSSR count). The molecule has 2 amide bonds. The van der Waals surface area contributed by atoms with Crippen molar-refractivity contribution in [1.29, 1.82) is 0 Å². The van der Waals surface area contributed by atoms with Crippen LogP contribution in [0.25, 0.3) is 0 Å². The zero-order valence-electron chi connectivity index (χ0n) is 14.8. The minimum Gasteiger partial charge on any atom is -0.354 e. The summed E-state index contributed by atoms with van der Waals surface area (Å²) in [7, 11) is 0. The number of nitrogens with zero attached hydrogens (tertiary/aromatic N) is 3. The first kappa shape index (κ1) is 17.9. The lowest BCUT2D eigenvalue weighted by Gasteiger charge is -2.22. The molecule has 26 heavy (non-hydrogen) atoms. The Balaban J connectivity index is 1.62. The van der Waals surface area contributed by atoms with E-state index in [0.29, 0.717) is 31.8 Å². The number of aryl methyl sites for hydroxylation is 2. The van der Waals surface area contributed by atoms with Crippen molar-refractivity contribution in [2.45, 2.75) is 45.3 Å². The predicted molar refractivity (Wildman–Crippen MR) is 95.5 cm³/mol. The van der Waals surface area contributed by atoms with Gasteiger partial charge < -0.3 is 10.6 Å². The number of hydrogen-bond acceptors (Lipinski definition) is 4. The molecule has 2 N–H and O–H groups in total. The third-order valence-corrected chi connectivity index (χ3v) is 4.49. The van der Waals surface area contributed by atoms with E-state index in [2.05, 4.69) is 15.7 Å².